The molecule has 0 bridgehead atoms. The van der Waals surface area contributed by atoms with Crippen LogP contribution in [-0.4, -0.2) is 16.1 Å². The third kappa shape index (κ3) is 3.33. The molecule has 2 N–H and O–H groups in total. The number of nitriles is 1. The molecule has 5 heteroatoms. The van der Waals surface area contributed by atoms with Crippen molar-refractivity contribution in [2.75, 3.05) is 5.32 Å². The second-order valence-corrected chi connectivity index (χ2v) is 4.18. The van der Waals surface area contributed by atoms with E-state index in [0.717, 1.165) is 17.5 Å². The molecule has 0 radical (unpaired) electrons. The van der Waals surface area contributed by atoms with Crippen molar-refractivity contribution in [1.29, 1.82) is 5.26 Å². The minimum absolute atomic E-state index is 0.244. The number of hydrogen-bond donors (Lipinski definition) is 2. The number of carbonyl (C=O) groups is 1. The number of H-pyrrole nitrogens is 1. The third-order valence-corrected chi connectivity index (χ3v) is 2.79. The van der Waals surface area contributed by atoms with Crippen molar-refractivity contribution in [1.82, 2.24) is 10.2 Å². The van der Waals surface area contributed by atoms with Gasteiger partial charge in [-0.2, -0.15) is 10.4 Å². The summed E-state index contributed by atoms with van der Waals surface area (Å²) >= 11 is 0. The maximum Gasteiger partial charge on any atom is 0.249 e. The van der Waals surface area contributed by atoms with E-state index in [0.29, 0.717) is 11.4 Å². The molecule has 2 rings (SSSR count). The summed E-state index contributed by atoms with van der Waals surface area (Å²) in [6.45, 7) is 1.99. The van der Waals surface area contributed by atoms with Gasteiger partial charge < -0.3 is 5.32 Å². The lowest BCUT2D eigenvalue weighted by molar-refractivity contribution is -0.111. The van der Waals surface area contributed by atoms with Crippen molar-refractivity contribution in [3.05, 3.63) is 53.2 Å². The summed E-state index contributed by atoms with van der Waals surface area (Å²) in [7, 11) is 0. The first-order valence-electron chi connectivity index (χ1n) is 6.24. The van der Waals surface area contributed by atoms with E-state index in [-0.39, 0.29) is 5.91 Å². The summed E-state index contributed by atoms with van der Waals surface area (Å²) in [4.78, 5) is 11.8. The second-order valence-electron chi connectivity index (χ2n) is 4.18. The van der Waals surface area contributed by atoms with Crippen LogP contribution in [0.2, 0.25) is 0 Å². The normalized spacial score (nSPS) is 10.4. The van der Waals surface area contributed by atoms with Crippen LogP contribution in [0, 0.1) is 11.3 Å². The Hall–Kier alpha value is -2.87. The standard InChI is InChI=1S/C15H14N4O/c1-2-13-10-17-19-15(13)18-14(20)7-6-11-4-3-5-12(8-11)9-16/h3-8,10H,2H2,1H3,(H2,17,18,19,20)/b7-6+. The average molecular weight is 266 g/mol. The number of benzene rings is 1. The van der Waals surface area contributed by atoms with Crippen LogP contribution < -0.4 is 5.32 Å². The highest BCUT2D eigenvalue weighted by atomic mass is 16.1. The van der Waals surface area contributed by atoms with Gasteiger partial charge in [-0.25, -0.2) is 0 Å². The van der Waals surface area contributed by atoms with E-state index in [9.17, 15) is 4.79 Å². The van der Waals surface area contributed by atoms with Crippen molar-refractivity contribution in [3.63, 3.8) is 0 Å². The van der Waals surface area contributed by atoms with Gasteiger partial charge in [-0.05, 0) is 30.2 Å². The maximum atomic E-state index is 11.8. The van der Waals surface area contributed by atoms with Crippen LogP contribution in [0.4, 0.5) is 5.82 Å². The topological polar surface area (TPSA) is 81.6 Å². The summed E-state index contributed by atoms with van der Waals surface area (Å²) in [5.41, 5.74) is 2.33. The predicted octanol–water partition coefficient (Wildman–Crippen LogP) is 2.50. The van der Waals surface area contributed by atoms with E-state index < -0.39 is 0 Å². The molecule has 20 heavy (non-hydrogen) atoms. The first kappa shape index (κ1) is 13.6. The van der Waals surface area contributed by atoms with Crippen molar-refractivity contribution < 1.29 is 4.79 Å². The number of hydrogen-bond acceptors (Lipinski definition) is 3. The smallest absolute Gasteiger partial charge is 0.249 e. The van der Waals surface area contributed by atoms with Crippen LogP contribution in [0.25, 0.3) is 6.08 Å². The quantitative estimate of drug-likeness (QED) is 0.834. The van der Waals surface area contributed by atoms with Crippen molar-refractivity contribution >= 4 is 17.8 Å². The summed E-state index contributed by atoms with van der Waals surface area (Å²) < 4.78 is 0. The molecule has 1 heterocycles. The van der Waals surface area contributed by atoms with Crippen molar-refractivity contribution in [2.45, 2.75) is 13.3 Å². The number of aromatic amines is 1. The molecule has 0 aliphatic carbocycles. The molecule has 5 nitrogen and oxygen atoms in total. The summed E-state index contributed by atoms with van der Waals surface area (Å²) in [5.74, 6) is 0.374. The molecule has 1 aromatic heterocycles. The number of aromatic nitrogens is 2. The van der Waals surface area contributed by atoms with Crippen molar-refractivity contribution in [2.24, 2.45) is 0 Å². The molecule has 0 spiro atoms. The average Bonchev–Trinajstić information content (AvgIpc) is 2.92. The zero-order chi connectivity index (χ0) is 14.4. The Bertz CT molecular complexity index is 679. The molecule has 0 unspecified atom stereocenters. The zero-order valence-electron chi connectivity index (χ0n) is 11.1. The number of nitrogens with zero attached hydrogens (tertiary/aromatic N) is 2. The van der Waals surface area contributed by atoms with Crippen LogP contribution in [0.5, 0.6) is 0 Å². The molecule has 1 amide bonds. The Labute approximate surface area is 116 Å². The fourth-order valence-electron chi connectivity index (χ4n) is 1.74. The Morgan fingerprint density at radius 1 is 1.55 bits per heavy atom. The summed E-state index contributed by atoms with van der Waals surface area (Å²) in [6.07, 6.45) is 5.57. The molecule has 0 saturated carbocycles. The van der Waals surface area contributed by atoms with E-state index in [4.69, 9.17) is 5.26 Å². The number of amides is 1. The van der Waals surface area contributed by atoms with Gasteiger partial charge in [0, 0.05) is 11.6 Å². The van der Waals surface area contributed by atoms with Crippen LogP contribution in [0.15, 0.2) is 36.5 Å². The molecule has 0 fully saturated rings. The highest BCUT2D eigenvalue weighted by Crippen LogP contribution is 2.11. The summed E-state index contributed by atoms with van der Waals surface area (Å²) in [5, 5.41) is 18.2. The van der Waals surface area contributed by atoms with E-state index in [2.05, 4.69) is 21.6 Å². The van der Waals surface area contributed by atoms with E-state index in [1.54, 1.807) is 30.5 Å². The number of anilines is 1. The predicted molar refractivity (Wildman–Crippen MR) is 76.8 cm³/mol. The van der Waals surface area contributed by atoms with E-state index in [1.807, 2.05) is 13.0 Å². The molecule has 0 saturated heterocycles. The Morgan fingerprint density at radius 2 is 2.40 bits per heavy atom. The van der Waals surface area contributed by atoms with Crippen LogP contribution in [0.1, 0.15) is 23.6 Å². The van der Waals surface area contributed by atoms with Gasteiger partial charge in [0.1, 0.15) is 5.82 Å². The first-order chi connectivity index (χ1) is 9.72. The van der Waals surface area contributed by atoms with Gasteiger partial charge >= 0.3 is 0 Å². The molecular formula is C15H14N4O. The van der Waals surface area contributed by atoms with Gasteiger partial charge in [0.05, 0.1) is 17.8 Å². The molecular weight excluding hydrogens is 252 g/mol. The van der Waals surface area contributed by atoms with Gasteiger partial charge in [-0.15, -0.1) is 0 Å². The lowest BCUT2D eigenvalue weighted by atomic mass is 10.1. The lowest BCUT2D eigenvalue weighted by Gasteiger charge is -2.01. The van der Waals surface area contributed by atoms with Crippen molar-refractivity contribution in [3.8, 4) is 6.07 Å². The number of aryl methyl sites for hydroxylation is 1. The van der Waals surface area contributed by atoms with Gasteiger partial charge in [0.2, 0.25) is 5.91 Å². The number of rotatable bonds is 4. The van der Waals surface area contributed by atoms with Crippen LogP contribution in [0.3, 0.4) is 0 Å². The molecule has 100 valence electrons. The largest absolute Gasteiger partial charge is 0.307 e. The second kappa shape index (κ2) is 6.34. The van der Waals surface area contributed by atoms with Crippen LogP contribution in [-0.2, 0) is 11.2 Å². The summed E-state index contributed by atoms with van der Waals surface area (Å²) in [6, 6.07) is 9.11. The molecule has 1 aromatic carbocycles. The fraction of sp³-hybridized carbons (Fsp3) is 0.133. The highest BCUT2D eigenvalue weighted by Gasteiger charge is 2.04. The Morgan fingerprint density at radius 3 is 3.15 bits per heavy atom. The van der Waals surface area contributed by atoms with Gasteiger partial charge in [-0.1, -0.05) is 19.1 Å². The fourth-order valence-corrected chi connectivity index (χ4v) is 1.74. The first-order valence-corrected chi connectivity index (χ1v) is 6.24. The monoisotopic (exact) mass is 266 g/mol. The lowest BCUT2D eigenvalue weighted by Crippen LogP contribution is -2.09. The van der Waals surface area contributed by atoms with Gasteiger partial charge in [-0.3, -0.25) is 9.89 Å². The molecule has 0 aliphatic heterocycles. The molecule has 0 atom stereocenters. The molecule has 2 aromatic rings. The Kier molecular flexibility index (Phi) is 4.30. The van der Waals surface area contributed by atoms with E-state index >= 15 is 0 Å². The minimum atomic E-state index is -0.244. The van der Waals surface area contributed by atoms with Gasteiger partial charge in [0.15, 0.2) is 0 Å². The van der Waals surface area contributed by atoms with Crippen LogP contribution >= 0.6 is 0 Å². The molecule has 0 aliphatic rings. The minimum Gasteiger partial charge on any atom is -0.307 e. The van der Waals surface area contributed by atoms with E-state index in [1.165, 1.54) is 6.08 Å². The number of carbonyl (C=O) groups excluding carboxylic acids is 1. The van der Waals surface area contributed by atoms with Gasteiger partial charge in [0.25, 0.3) is 0 Å². The SMILES string of the molecule is CCc1cn[nH]c1NC(=O)/C=C/c1cccc(C#N)c1. The third-order valence-electron chi connectivity index (χ3n) is 2.79. The highest BCUT2D eigenvalue weighted by molar-refractivity contribution is 6.01. The maximum absolute atomic E-state index is 11.8. The zero-order valence-corrected chi connectivity index (χ0v) is 11.1. The Balaban J connectivity index is 2.04. The number of nitrogens with one attached hydrogen (secondary N) is 2.